The molecule has 0 radical (unpaired) electrons. The minimum atomic E-state index is 0.000368. The molecule has 6 nitrogen and oxygen atoms in total. The molecular formula is C22H27BrN2O4. The van der Waals surface area contributed by atoms with Gasteiger partial charge < -0.3 is 19.1 Å². The highest BCUT2D eigenvalue weighted by atomic mass is 79.9. The molecule has 0 atom stereocenters. The summed E-state index contributed by atoms with van der Waals surface area (Å²) in [7, 11) is 4.83. The molecule has 0 spiro atoms. The smallest absolute Gasteiger partial charge is 0.254 e. The lowest BCUT2D eigenvalue weighted by molar-refractivity contribution is 0.0760. The molecule has 1 heterocycles. The Hall–Kier alpha value is -2.25. The van der Waals surface area contributed by atoms with Crippen molar-refractivity contribution in [2.75, 3.05) is 47.5 Å². The zero-order valence-electron chi connectivity index (χ0n) is 17.1. The Balaban J connectivity index is 1.66. The van der Waals surface area contributed by atoms with Crippen LogP contribution in [0.15, 0.2) is 40.9 Å². The molecule has 1 amide bonds. The van der Waals surface area contributed by atoms with Crippen LogP contribution in [-0.2, 0) is 6.54 Å². The van der Waals surface area contributed by atoms with Crippen LogP contribution in [0, 0.1) is 0 Å². The summed E-state index contributed by atoms with van der Waals surface area (Å²) in [5.74, 6) is 2.04. The monoisotopic (exact) mass is 462 g/mol. The van der Waals surface area contributed by atoms with Crippen LogP contribution in [-0.4, -0.2) is 63.2 Å². The van der Waals surface area contributed by atoms with Gasteiger partial charge in [0.2, 0.25) is 0 Å². The maximum Gasteiger partial charge on any atom is 0.254 e. The van der Waals surface area contributed by atoms with Crippen molar-refractivity contribution in [3.8, 4) is 17.2 Å². The number of benzene rings is 2. The average molecular weight is 463 g/mol. The van der Waals surface area contributed by atoms with Crippen LogP contribution < -0.4 is 14.2 Å². The molecular weight excluding hydrogens is 436 g/mol. The first kappa shape index (κ1) is 21.5. The van der Waals surface area contributed by atoms with E-state index in [9.17, 15) is 4.79 Å². The summed E-state index contributed by atoms with van der Waals surface area (Å²) in [5, 5.41) is 0. The van der Waals surface area contributed by atoms with E-state index >= 15 is 0 Å². The highest BCUT2D eigenvalue weighted by molar-refractivity contribution is 9.10. The zero-order chi connectivity index (χ0) is 20.8. The maximum absolute atomic E-state index is 13.1. The number of carbonyl (C=O) groups is 1. The molecule has 156 valence electrons. The molecule has 0 aromatic heterocycles. The Morgan fingerprint density at radius 3 is 2.17 bits per heavy atom. The average Bonchev–Trinajstić information content (AvgIpc) is 2.99. The second kappa shape index (κ2) is 9.98. The van der Waals surface area contributed by atoms with Gasteiger partial charge in [-0.25, -0.2) is 0 Å². The maximum atomic E-state index is 13.1. The number of hydrogen-bond acceptors (Lipinski definition) is 5. The lowest BCUT2D eigenvalue weighted by Crippen LogP contribution is -2.35. The van der Waals surface area contributed by atoms with E-state index in [-0.39, 0.29) is 5.91 Å². The molecule has 1 aliphatic rings. The van der Waals surface area contributed by atoms with Gasteiger partial charge in [0.05, 0.1) is 21.3 Å². The fraction of sp³-hybridized carbons (Fsp3) is 0.409. The van der Waals surface area contributed by atoms with Crippen molar-refractivity contribution >= 4 is 21.8 Å². The predicted molar refractivity (Wildman–Crippen MR) is 116 cm³/mol. The topological polar surface area (TPSA) is 51.2 Å². The van der Waals surface area contributed by atoms with E-state index in [1.165, 1.54) is 5.56 Å². The number of amides is 1. The lowest BCUT2D eigenvalue weighted by atomic mass is 10.1. The molecule has 2 aromatic carbocycles. The highest BCUT2D eigenvalue weighted by Crippen LogP contribution is 2.36. The van der Waals surface area contributed by atoms with Crippen molar-refractivity contribution < 1.29 is 19.0 Å². The van der Waals surface area contributed by atoms with Crippen LogP contribution in [0.1, 0.15) is 22.3 Å². The highest BCUT2D eigenvalue weighted by Gasteiger charge is 2.22. The Labute approximate surface area is 180 Å². The minimum Gasteiger partial charge on any atom is -0.497 e. The first-order valence-electron chi connectivity index (χ1n) is 9.61. The first-order chi connectivity index (χ1) is 14.0. The summed E-state index contributed by atoms with van der Waals surface area (Å²) >= 11 is 3.45. The van der Waals surface area contributed by atoms with E-state index < -0.39 is 0 Å². The number of methoxy groups -OCH3 is 3. The molecule has 0 bridgehead atoms. The summed E-state index contributed by atoms with van der Waals surface area (Å²) in [4.78, 5) is 17.4. The van der Waals surface area contributed by atoms with Gasteiger partial charge in [-0.1, -0.05) is 12.1 Å². The summed E-state index contributed by atoms with van der Waals surface area (Å²) in [5.41, 5.74) is 1.82. The van der Waals surface area contributed by atoms with E-state index in [4.69, 9.17) is 14.2 Å². The Bertz CT molecular complexity index is 816. The van der Waals surface area contributed by atoms with Gasteiger partial charge in [0.25, 0.3) is 5.91 Å². The molecule has 0 aliphatic carbocycles. The molecule has 1 fully saturated rings. The van der Waals surface area contributed by atoms with E-state index in [1.807, 2.05) is 17.0 Å². The van der Waals surface area contributed by atoms with Crippen molar-refractivity contribution in [3.05, 3.63) is 52.0 Å². The number of carbonyl (C=O) groups excluding carboxylic acids is 1. The van der Waals surface area contributed by atoms with Gasteiger partial charge >= 0.3 is 0 Å². The number of nitrogens with zero attached hydrogens (tertiary/aromatic N) is 2. The molecule has 7 heteroatoms. The fourth-order valence-corrected chi connectivity index (χ4v) is 4.05. The molecule has 0 N–H and O–H groups in total. The second-order valence-electron chi connectivity index (χ2n) is 6.96. The number of ether oxygens (including phenoxy) is 3. The van der Waals surface area contributed by atoms with Crippen molar-refractivity contribution in [1.29, 1.82) is 0 Å². The summed E-state index contributed by atoms with van der Waals surface area (Å²) in [6.45, 7) is 4.09. The quantitative estimate of drug-likeness (QED) is 0.652. The van der Waals surface area contributed by atoms with Crippen molar-refractivity contribution in [2.24, 2.45) is 0 Å². The van der Waals surface area contributed by atoms with Crippen LogP contribution in [0.25, 0.3) is 0 Å². The van der Waals surface area contributed by atoms with Gasteiger partial charge in [0, 0.05) is 38.3 Å². The molecule has 1 saturated heterocycles. The third-order valence-corrected chi connectivity index (χ3v) is 5.92. The first-order valence-corrected chi connectivity index (χ1v) is 10.4. The van der Waals surface area contributed by atoms with Crippen LogP contribution >= 0.6 is 15.9 Å². The minimum absolute atomic E-state index is 0.000368. The largest absolute Gasteiger partial charge is 0.497 e. The van der Waals surface area contributed by atoms with E-state index in [2.05, 4.69) is 33.0 Å². The Morgan fingerprint density at radius 1 is 0.931 bits per heavy atom. The summed E-state index contributed by atoms with van der Waals surface area (Å²) in [6, 6.07) is 11.7. The van der Waals surface area contributed by atoms with E-state index in [0.29, 0.717) is 28.1 Å². The van der Waals surface area contributed by atoms with Gasteiger partial charge in [0.15, 0.2) is 0 Å². The van der Waals surface area contributed by atoms with Gasteiger partial charge in [-0.3, -0.25) is 9.69 Å². The predicted octanol–water partition coefficient (Wildman–Crippen LogP) is 3.82. The summed E-state index contributed by atoms with van der Waals surface area (Å²) in [6.07, 6.45) is 0.937. The number of hydrogen-bond donors (Lipinski definition) is 0. The molecule has 0 unspecified atom stereocenters. The van der Waals surface area contributed by atoms with Crippen LogP contribution in [0.5, 0.6) is 17.2 Å². The normalized spacial score (nSPS) is 15.0. The molecule has 1 aliphatic heterocycles. The van der Waals surface area contributed by atoms with Gasteiger partial charge in [-0.05, 0) is 52.2 Å². The van der Waals surface area contributed by atoms with Crippen molar-refractivity contribution in [1.82, 2.24) is 9.80 Å². The van der Waals surface area contributed by atoms with Gasteiger partial charge in [-0.2, -0.15) is 0 Å². The van der Waals surface area contributed by atoms with E-state index in [1.54, 1.807) is 33.5 Å². The van der Waals surface area contributed by atoms with Gasteiger partial charge in [-0.15, -0.1) is 0 Å². The fourth-order valence-electron chi connectivity index (χ4n) is 3.50. The standard InChI is InChI=1S/C22H27BrN2O4/c1-27-18-7-5-16(6-8-18)15-24-9-4-10-25(12-11-24)22(26)17-13-19(28-2)21(23)20(14-17)29-3/h5-8,13-14H,4,9-12,15H2,1-3H3. The SMILES string of the molecule is COc1ccc(CN2CCCN(C(=O)c3cc(OC)c(Br)c(OC)c3)CC2)cc1. The van der Waals surface area contributed by atoms with Crippen LogP contribution in [0.4, 0.5) is 0 Å². The Morgan fingerprint density at radius 2 is 1.59 bits per heavy atom. The lowest BCUT2D eigenvalue weighted by Gasteiger charge is -2.23. The summed E-state index contributed by atoms with van der Waals surface area (Å²) < 4.78 is 16.7. The zero-order valence-corrected chi connectivity index (χ0v) is 18.7. The third kappa shape index (κ3) is 5.22. The molecule has 29 heavy (non-hydrogen) atoms. The number of rotatable bonds is 6. The molecule has 0 saturated carbocycles. The molecule has 3 rings (SSSR count). The molecule has 2 aromatic rings. The van der Waals surface area contributed by atoms with Crippen LogP contribution in [0.3, 0.4) is 0 Å². The second-order valence-corrected chi connectivity index (χ2v) is 7.76. The van der Waals surface area contributed by atoms with Crippen molar-refractivity contribution in [2.45, 2.75) is 13.0 Å². The van der Waals surface area contributed by atoms with Gasteiger partial charge in [0.1, 0.15) is 21.7 Å². The van der Waals surface area contributed by atoms with E-state index in [0.717, 1.165) is 38.3 Å². The number of halogens is 1. The van der Waals surface area contributed by atoms with Crippen LogP contribution in [0.2, 0.25) is 0 Å². The third-order valence-electron chi connectivity index (χ3n) is 5.13. The van der Waals surface area contributed by atoms with Crippen molar-refractivity contribution in [3.63, 3.8) is 0 Å². The Kier molecular flexibility index (Phi) is 7.39.